The predicted molar refractivity (Wildman–Crippen MR) is 72.8 cm³/mol. The number of nitrogens with one attached hydrogen (secondary N) is 1. The van der Waals surface area contributed by atoms with E-state index >= 15 is 0 Å². The maximum Gasteiger partial charge on any atom is 0.133 e. The number of rotatable bonds is 4. The number of hydrogen-bond acceptors (Lipinski definition) is 4. The fourth-order valence-corrected chi connectivity index (χ4v) is 1.68. The zero-order chi connectivity index (χ0) is 13.2. The van der Waals surface area contributed by atoms with E-state index in [0.717, 1.165) is 16.6 Å². The molecule has 0 saturated heterocycles. The summed E-state index contributed by atoms with van der Waals surface area (Å²) in [5.74, 6) is 0.949. The largest absolute Gasteiger partial charge is 0.508 e. The Balaban J connectivity index is 2.30. The second-order valence-corrected chi connectivity index (χ2v) is 5.24. The van der Waals surface area contributed by atoms with Crippen LogP contribution in [0.25, 0.3) is 10.8 Å². The lowest BCUT2D eigenvalue weighted by molar-refractivity contribution is 0.171. The van der Waals surface area contributed by atoms with Gasteiger partial charge in [0.05, 0.1) is 0 Å². The number of pyridine rings is 1. The Labute approximate surface area is 106 Å². The van der Waals surface area contributed by atoms with Crippen molar-refractivity contribution in [3.63, 3.8) is 0 Å². The van der Waals surface area contributed by atoms with E-state index in [0.29, 0.717) is 6.54 Å². The molecule has 0 atom stereocenters. The van der Waals surface area contributed by atoms with Crippen LogP contribution in [-0.2, 0) is 0 Å². The van der Waals surface area contributed by atoms with Crippen molar-refractivity contribution in [2.75, 3.05) is 18.5 Å². The minimum absolute atomic E-state index is 0.107. The Morgan fingerprint density at radius 2 is 2.06 bits per heavy atom. The monoisotopic (exact) mass is 246 g/mol. The number of fused-ring (bicyclic) bond motifs is 1. The minimum atomic E-state index is -0.208. The van der Waals surface area contributed by atoms with Gasteiger partial charge in [-0.05, 0) is 23.6 Å². The van der Waals surface area contributed by atoms with E-state index in [9.17, 15) is 10.2 Å². The van der Waals surface area contributed by atoms with E-state index in [-0.39, 0.29) is 17.8 Å². The summed E-state index contributed by atoms with van der Waals surface area (Å²) in [6.45, 7) is 4.67. The molecule has 18 heavy (non-hydrogen) atoms. The Hall–Kier alpha value is -1.81. The molecule has 1 aromatic heterocycles. The molecule has 0 saturated carbocycles. The van der Waals surface area contributed by atoms with E-state index < -0.39 is 0 Å². The van der Waals surface area contributed by atoms with Crippen LogP contribution in [0.2, 0.25) is 0 Å². The van der Waals surface area contributed by atoms with E-state index in [1.807, 2.05) is 26.0 Å². The molecule has 0 aliphatic heterocycles. The van der Waals surface area contributed by atoms with Crippen LogP contribution in [0.3, 0.4) is 0 Å². The molecule has 3 N–H and O–H groups in total. The van der Waals surface area contributed by atoms with Gasteiger partial charge >= 0.3 is 0 Å². The molecule has 0 spiro atoms. The van der Waals surface area contributed by atoms with Gasteiger partial charge in [0.1, 0.15) is 11.6 Å². The first kappa shape index (κ1) is 12.6. The molecule has 0 unspecified atom stereocenters. The molecule has 4 heteroatoms. The third-order valence-corrected chi connectivity index (χ3v) is 2.91. The standard InChI is InChI=1S/C14H18N2O2/c1-14(2,9-17)8-16-13-12-7-11(18)4-3-10(12)5-6-15-13/h3-7,17-18H,8-9H2,1-2H3,(H,15,16). The molecule has 2 aromatic rings. The summed E-state index contributed by atoms with van der Waals surface area (Å²) in [6, 6.07) is 7.10. The molecule has 0 bridgehead atoms. The number of aliphatic hydroxyl groups is 1. The third-order valence-electron chi connectivity index (χ3n) is 2.91. The number of phenolic OH excluding ortho intramolecular Hbond substituents is 1. The van der Waals surface area contributed by atoms with Crippen molar-refractivity contribution in [1.29, 1.82) is 0 Å². The van der Waals surface area contributed by atoms with Crippen molar-refractivity contribution >= 4 is 16.6 Å². The van der Waals surface area contributed by atoms with Crippen LogP contribution in [0, 0.1) is 5.41 Å². The van der Waals surface area contributed by atoms with Gasteiger partial charge < -0.3 is 15.5 Å². The zero-order valence-corrected chi connectivity index (χ0v) is 10.6. The summed E-state index contributed by atoms with van der Waals surface area (Å²) in [5.41, 5.74) is -0.208. The van der Waals surface area contributed by atoms with Crippen LogP contribution in [-0.4, -0.2) is 28.3 Å². The van der Waals surface area contributed by atoms with E-state index in [1.165, 1.54) is 0 Å². The second-order valence-electron chi connectivity index (χ2n) is 5.24. The van der Waals surface area contributed by atoms with Crippen molar-refractivity contribution in [2.45, 2.75) is 13.8 Å². The Kier molecular flexibility index (Phi) is 3.39. The highest BCUT2D eigenvalue weighted by molar-refractivity contribution is 5.92. The highest BCUT2D eigenvalue weighted by atomic mass is 16.3. The molecule has 96 valence electrons. The normalized spacial score (nSPS) is 11.7. The summed E-state index contributed by atoms with van der Waals surface area (Å²) in [7, 11) is 0. The quantitative estimate of drug-likeness (QED) is 0.775. The van der Waals surface area contributed by atoms with Gasteiger partial charge in [-0.2, -0.15) is 0 Å². The third kappa shape index (κ3) is 2.71. The van der Waals surface area contributed by atoms with Gasteiger partial charge in [0.2, 0.25) is 0 Å². The van der Waals surface area contributed by atoms with Crippen molar-refractivity contribution < 1.29 is 10.2 Å². The number of benzene rings is 1. The molecule has 1 heterocycles. The smallest absolute Gasteiger partial charge is 0.133 e. The number of hydrogen-bond donors (Lipinski definition) is 3. The Morgan fingerprint density at radius 1 is 1.28 bits per heavy atom. The van der Waals surface area contributed by atoms with Gasteiger partial charge in [0.15, 0.2) is 0 Å². The van der Waals surface area contributed by atoms with Gasteiger partial charge in [-0.25, -0.2) is 4.98 Å². The number of phenols is 1. The lowest BCUT2D eigenvalue weighted by Gasteiger charge is -2.22. The molecule has 0 radical (unpaired) electrons. The maximum absolute atomic E-state index is 9.53. The highest BCUT2D eigenvalue weighted by Crippen LogP contribution is 2.26. The van der Waals surface area contributed by atoms with Gasteiger partial charge in [-0.1, -0.05) is 19.9 Å². The van der Waals surface area contributed by atoms with Crippen molar-refractivity contribution in [3.8, 4) is 5.75 Å². The van der Waals surface area contributed by atoms with Gasteiger partial charge in [0, 0.05) is 30.1 Å². The highest BCUT2D eigenvalue weighted by Gasteiger charge is 2.16. The fraction of sp³-hybridized carbons (Fsp3) is 0.357. The topological polar surface area (TPSA) is 65.4 Å². The lowest BCUT2D eigenvalue weighted by Crippen LogP contribution is -2.27. The lowest BCUT2D eigenvalue weighted by atomic mass is 9.95. The van der Waals surface area contributed by atoms with Gasteiger partial charge in [-0.15, -0.1) is 0 Å². The number of aliphatic hydroxyl groups excluding tert-OH is 1. The summed E-state index contributed by atoms with van der Waals surface area (Å²) >= 11 is 0. The van der Waals surface area contributed by atoms with Gasteiger partial charge in [0.25, 0.3) is 0 Å². The first-order valence-electron chi connectivity index (χ1n) is 5.94. The van der Waals surface area contributed by atoms with Crippen LogP contribution in [0.15, 0.2) is 30.5 Å². The molecule has 0 aliphatic carbocycles. The number of aromatic nitrogens is 1. The summed E-state index contributed by atoms with van der Waals surface area (Å²) in [4.78, 5) is 4.28. The molecule has 0 aliphatic rings. The molecule has 0 amide bonds. The van der Waals surface area contributed by atoms with E-state index in [4.69, 9.17) is 0 Å². The molecular formula is C14H18N2O2. The van der Waals surface area contributed by atoms with Crippen molar-refractivity contribution in [3.05, 3.63) is 30.5 Å². The first-order valence-corrected chi connectivity index (χ1v) is 5.94. The molecule has 0 fully saturated rings. The van der Waals surface area contributed by atoms with Crippen LogP contribution in [0.5, 0.6) is 5.75 Å². The fourth-order valence-electron chi connectivity index (χ4n) is 1.68. The Morgan fingerprint density at radius 3 is 2.78 bits per heavy atom. The average molecular weight is 246 g/mol. The SMILES string of the molecule is CC(C)(CO)CNc1nccc2ccc(O)cc12. The van der Waals surface area contributed by atoms with Crippen LogP contribution in [0.1, 0.15) is 13.8 Å². The molecular weight excluding hydrogens is 228 g/mol. The van der Waals surface area contributed by atoms with Crippen LogP contribution < -0.4 is 5.32 Å². The average Bonchev–Trinajstić information content (AvgIpc) is 2.36. The number of nitrogens with zero attached hydrogens (tertiary/aromatic N) is 1. The predicted octanol–water partition coefficient (Wildman–Crippen LogP) is 2.37. The Bertz CT molecular complexity index is 552. The molecule has 1 aromatic carbocycles. The zero-order valence-electron chi connectivity index (χ0n) is 10.6. The van der Waals surface area contributed by atoms with Crippen molar-refractivity contribution in [2.24, 2.45) is 5.41 Å². The molecule has 2 rings (SSSR count). The van der Waals surface area contributed by atoms with Crippen LogP contribution in [0.4, 0.5) is 5.82 Å². The second kappa shape index (κ2) is 4.82. The number of aromatic hydroxyl groups is 1. The van der Waals surface area contributed by atoms with Crippen molar-refractivity contribution in [1.82, 2.24) is 4.98 Å². The minimum Gasteiger partial charge on any atom is -0.508 e. The summed E-state index contributed by atoms with van der Waals surface area (Å²) in [5, 5.41) is 23.9. The first-order chi connectivity index (χ1) is 8.52. The van der Waals surface area contributed by atoms with Gasteiger partial charge in [-0.3, -0.25) is 0 Å². The molecule has 4 nitrogen and oxygen atoms in total. The van der Waals surface area contributed by atoms with E-state index in [1.54, 1.807) is 18.3 Å². The summed E-state index contributed by atoms with van der Waals surface area (Å²) < 4.78 is 0. The van der Waals surface area contributed by atoms with E-state index in [2.05, 4.69) is 10.3 Å². The number of anilines is 1. The maximum atomic E-state index is 9.53. The van der Waals surface area contributed by atoms with Crippen LogP contribution >= 0.6 is 0 Å². The summed E-state index contributed by atoms with van der Waals surface area (Å²) in [6.07, 6.45) is 1.73.